The van der Waals surface area contributed by atoms with Crippen LogP contribution < -0.4 is 0 Å². The molecule has 0 aliphatic rings. The Bertz CT molecular complexity index is 142. The lowest BCUT2D eigenvalue weighted by atomic mass is 9.64. The van der Waals surface area contributed by atoms with Gasteiger partial charge in [0.2, 0.25) is 0 Å². The minimum Gasteiger partial charge on any atom is -0.0651 e. The predicted octanol–water partition coefficient (Wildman–Crippen LogP) is 4.70. The van der Waals surface area contributed by atoms with Gasteiger partial charge in [-0.2, -0.15) is 0 Å². The summed E-state index contributed by atoms with van der Waals surface area (Å²) in [6, 6.07) is 0. The summed E-state index contributed by atoms with van der Waals surface area (Å²) >= 11 is 0. The van der Waals surface area contributed by atoms with Crippen molar-refractivity contribution in [3.05, 3.63) is 5.92 Å². The summed E-state index contributed by atoms with van der Waals surface area (Å²) < 4.78 is 0. The molecule has 0 heteroatoms. The maximum Gasteiger partial charge on any atom is -0.0182 e. The zero-order valence-corrected chi connectivity index (χ0v) is 10.8. The Morgan fingerprint density at radius 1 is 1.00 bits per heavy atom. The molecule has 1 radical (unpaired) electrons. The lowest BCUT2D eigenvalue weighted by Crippen LogP contribution is -2.32. The van der Waals surface area contributed by atoms with Gasteiger partial charge in [-0.25, -0.2) is 0 Å². The predicted molar refractivity (Wildman–Crippen MR) is 61.6 cm³/mol. The van der Waals surface area contributed by atoms with Crippen LogP contribution >= 0.6 is 0 Å². The van der Waals surface area contributed by atoms with E-state index in [0.717, 1.165) is 5.92 Å². The summed E-state index contributed by atoms with van der Waals surface area (Å²) in [5, 5.41) is 0. The lowest BCUT2D eigenvalue weighted by molar-refractivity contribution is 0.195. The molecule has 0 nitrogen and oxygen atoms in total. The second kappa shape index (κ2) is 4.02. The summed E-state index contributed by atoms with van der Waals surface area (Å²) in [6.45, 7) is 18.6. The Labute approximate surface area is 85.1 Å². The van der Waals surface area contributed by atoms with Crippen molar-refractivity contribution >= 4 is 0 Å². The van der Waals surface area contributed by atoms with Crippen molar-refractivity contribution in [2.75, 3.05) is 0 Å². The van der Waals surface area contributed by atoms with Crippen molar-refractivity contribution in [2.45, 2.75) is 61.8 Å². The Morgan fingerprint density at radius 3 is 1.46 bits per heavy atom. The van der Waals surface area contributed by atoms with Gasteiger partial charge in [-0.3, -0.25) is 0 Å². The molecule has 0 aromatic rings. The van der Waals surface area contributed by atoms with Crippen LogP contribution in [0.3, 0.4) is 0 Å². The monoisotopic (exact) mass is 183 g/mol. The van der Waals surface area contributed by atoms with E-state index in [0.29, 0.717) is 10.8 Å². The third-order valence-electron chi connectivity index (χ3n) is 3.16. The van der Waals surface area contributed by atoms with E-state index in [1.54, 1.807) is 5.92 Å². The maximum atomic E-state index is 2.34. The standard InChI is InChI=1S/C13H27/c1-9-11(13(6,7)8)10(2)12(3,4)5/h11H,9H2,1-8H3. The molecule has 0 N–H and O–H groups in total. The highest BCUT2D eigenvalue weighted by Crippen LogP contribution is 2.44. The fourth-order valence-electron chi connectivity index (χ4n) is 2.09. The molecule has 0 amide bonds. The van der Waals surface area contributed by atoms with Crippen LogP contribution in [-0.2, 0) is 0 Å². The minimum absolute atomic E-state index is 0.355. The van der Waals surface area contributed by atoms with Crippen LogP contribution in [0.25, 0.3) is 0 Å². The van der Waals surface area contributed by atoms with E-state index in [9.17, 15) is 0 Å². The van der Waals surface area contributed by atoms with E-state index in [4.69, 9.17) is 0 Å². The van der Waals surface area contributed by atoms with Gasteiger partial charge in [0.1, 0.15) is 0 Å². The van der Waals surface area contributed by atoms with Crippen LogP contribution in [0.15, 0.2) is 0 Å². The second-order valence-corrected chi connectivity index (χ2v) is 6.26. The molecule has 79 valence electrons. The molecule has 0 rings (SSSR count). The van der Waals surface area contributed by atoms with Gasteiger partial charge in [0.25, 0.3) is 0 Å². The molecule has 0 saturated carbocycles. The van der Waals surface area contributed by atoms with Crippen LogP contribution in [0.1, 0.15) is 61.8 Å². The molecule has 0 saturated heterocycles. The molecule has 0 aliphatic heterocycles. The van der Waals surface area contributed by atoms with E-state index in [-0.39, 0.29) is 0 Å². The van der Waals surface area contributed by atoms with Crippen LogP contribution in [0.5, 0.6) is 0 Å². The first kappa shape index (κ1) is 13.0. The van der Waals surface area contributed by atoms with Crippen LogP contribution in [-0.4, -0.2) is 0 Å². The molecule has 1 atom stereocenters. The van der Waals surface area contributed by atoms with Crippen molar-refractivity contribution in [1.29, 1.82) is 0 Å². The van der Waals surface area contributed by atoms with E-state index >= 15 is 0 Å². The summed E-state index contributed by atoms with van der Waals surface area (Å²) in [6.07, 6.45) is 1.26. The van der Waals surface area contributed by atoms with Crippen LogP contribution in [0, 0.1) is 22.7 Å². The Hall–Kier alpha value is 0. The normalized spacial score (nSPS) is 16.4. The molecule has 0 fully saturated rings. The highest BCUT2D eigenvalue weighted by Gasteiger charge is 2.34. The zero-order valence-electron chi connectivity index (χ0n) is 10.8. The smallest absolute Gasteiger partial charge is 0.0182 e. The summed E-state index contributed by atoms with van der Waals surface area (Å²) in [4.78, 5) is 0. The fraction of sp³-hybridized carbons (Fsp3) is 0.923. The van der Waals surface area contributed by atoms with Gasteiger partial charge in [-0.15, -0.1) is 0 Å². The van der Waals surface area contributed by atoms with Crippen LogP contribution in [0.2, 0.25) is 0 Å². The van der Waals surface area contributed by atoms with Gasteiger partial charge in [0.05, 0.1) is 0 Å². The van der Waals surface area contributed by atoms with Gasteiger partial charge < -0.3 is 0 Å². The molecule has 1 unspecified atom stereocenters. The first-order valence-electron chi connectivity index (χ1n) is 5.44. The van der Waals surface area contributed by atoms with Gasteiger partial charge >= 0.3 is 0 Å². The van der Waals surface area contributed by atoms with Crippen molar-refractivity contribution in [1.82, 2.24) is 0 Å². The largest absolute Gasteiger partial charge is 0.0651 e. The molecule has 13 heavy (non-hydrogen) atoms. The third-order valence-corrected chi connectivity index (χ3v) is 3.16. The Balaban J connectivity index is 4.61. The highest BCUT2D eigenvalue weighted by molar-refractivity contribution is 5.04. The maximum absolute atomic E-state index is 2.34. The van der Waals surface area contributed by atoms with Crippen molar-refractivity contribution < 1.29 is 0 Å². The number of hydrogen-bond donors (Lipinski definition) is 0. The second-order valence-electron chi connectivity index (χ2n) is 6.26. The molecular formula is C13H27. The minimum atomic E-state index is 0.355. The van der Waals surface area contributed by atoms with Gasteiger partial charge in [-0.1, -0.05) is 61.8 Å². The molecule has 0 aromatic heterocycles. The molecule has 0 heterocycles. The highest BCUT2D eigenvalue weighted by atomic mass is 14.4. The molecule has 0 aromatic carbocycles. The van der Waals surface area contributed by atoms with E-state index in [1.165, 1.54) is 6.42 Å². The third kappa shape index (κ3) is 3.70. The average molecular weight is 183 g/mol. The molecular weight excluding hydrogens is 156 g/mol. The van der Waals surface area contributed by atoms with Crippen molar-refractivity contribution in [3.63, 3.8) is 0 Å². The summed E-state index contributed by atoms with van der Waals surface area (Å²) in [5.74, 6) is 2.38. The first-order valence-corrected chi connectivity index (χ1v) is 5.44. The molecule has 0 bridgehead atoms. The fourth-order valence-corrected chi connectivity index (χ4v) is 2.09. The number of rotatable bonds is 2. The Morgan fingerprint density at radius 2 is 1.38 bits per heavy atom. The topological polar surface area (TPSA) is 0 Å². The lowest BCUT2D eigenvalue weighted by Gasteiger charge is -2.41. The zero-order chi connectivity index (χ0) is 10.9. The van der Waals surface area contributed by atoms with Gasteiger partial charge in [0, 0.05) is 0 Å². The first-order chi connectivity index (χ1) is 5.60. The number of hydrogen-bond acceptors (Lipinski definition) is 0. The Kier molecular flexibility index (Phi) is 4.02. The van der Waals surface area contributed by atoms with E-state index in [1.807, 2.05) is 0 Å². The van der Waals surface area contributed by atoms with Gasteiger partial charge in [0.15, 0.2) is 0 Å². The summed E-state index contributed by atoms with van der Waals surface area (Å²) in [5.41, 5.74) is 0.764. The van der Waals surface area contributed by atoms with Gasteiger partial charge in [-0.05, 0) is 22.7 Å². The molecule has 0 aliphatic carbocycles. The van der Waals surface area contributed by atoms with Crippen LogP contribution in [0.4, 0.5) is 0 Å². The SMILES string of the molecule is CCC([C](C)C(C)(C)C)C(C)(C)C. The molecule has 0 spiro atoms. The van der Waals surface area contributed by atoms with Crippen molar-refractivity contribution in [2.24, 2.45) is 16.7 Å². The van der Waals surface area contributed by atoms with Crippen molar-refractivity contribution in [3.8, 4) is 0 Å². The quantitative estimate of drug-likeness (QED) is 0.582. The van der Waals surface area contributed by atoms with E-state index in [2.05, 4.69) is 55.4 Å². The average Bonchev–Trinajstić information content (AvgIpc) is 1.83. The van der Waals surface area contributed by atoms with E-state index < -0.39 is 0 Å². The summed E-state index contributed by atoms with van der Waals surface area (Å²) in [7, 11) is 0.